The second kappa shape index (κ2) is 8.56. The van der Waals surface area contributed by atoms with Crippen molar-refractivity contribution in [3.8, 4) is 5.75 Å². The summed E-state index contributed by atoms with van der Waals surface area (Å²) in [6.45, 7) is 5.22. The van der Waals surface area contributed by atoms with Gasteiger partial charge in [0.15, 0.2) is 6.29 Å². The summed E-state index contributed by atoms with van der Waals surface area (Å²) in [5.41, 5.74) is 1.26. The van der Waals surface area contributed by atoms with Crippen molar-refractivity contribution in [1.29, 1.82) is 0 Å². The van der Waals surface area contributed by atoms with Crippen LogP contribution in [0.2, 0.25) is 0 Å². The normalized spacial score (nSPS) is 14.1. The van der Waals surface area contributed by atoms with Gasteiger partial charge in [-0.1, -0.05) is 13.0 Å². The molecule has 5 heteroatoms. The summed E-state index contributed by atoms with van der Waals surface area (Å²) in [6, 6.07) is 9.34. The number of thiophene rings is 1. The Morgan fingerprint density at radius 1 is 1.32 bits per heavy atom. The Bertz CT molecular complexity index is 578. The van der Waals surface area contributed by atoms with E-state index in [4.69, 9.17) is 4.74 Å². The molecule has 0 saturated carbocycles. The number of hydrogen-bond acceptors (Lipinski definition) is 5. The van der Waals surface area contributed by atoms with Crippen molar-refractivity contribution in [3.05, 3.63) is 46.2 Å². The molecule has 118 valence electrons. The Hall–Kier alpha value is -1.85. The minimum Gasteiger partial charge on any atom is -0.507 e. The Morgan fingerprint density at radius 2 is 2.09 bits per heavy atom. The molecule has 0 radical (unpaired) electrons. The fourth-order valence-electron chi connectivity index (χ4n) is 2.16. The zero-order chi connectivity index (χ0) is 15.8. The number of carbonyl (C=O) groups is 1. The minimum atomic E-state index is 0.0361. The van der Waals surface area contributed by atoms with E-state index in [0.29, 0.717) is 25.1 Å². The van der Waals surface area contributed by atoms with Gasteiger partial charge in [0.1, 0.15) is 5.75 Å². The molecule has 0 spiro atoms. The van der Waals surface area contributed by atoms with Crippen LogP contribution in [0.1, 0.15) is 22.2 Å². The van der Waals surface area contributed by atoms with Gasteiger partial charge in [-0.2, -0.15) is 0 Å². The van der Waals surface area contributed by atoms with Crippen LogP contribution in [0.3, 0.4) is 0 Å². The highest BCUT2D eigenvalue weighted by Crippen LogP contribution is 2.24. The van der Waals surface area contributed by atoms with Gasteiger partial charge in [0, 0.05) is 29.7 Å². The zero-order valence-corrected chi connectivity index (χ0v) is 13.5. The number of carbonyl (C=O) groups excluding carboxylic acids is 1. The third-order valence-corrected chi connectivity index (χ3v) is 4.47. The molecule has 0 bridgehead atoms. The maximum absolute atomic E-state index is 10.5. The minimum absolute atomic E-state index is 0.0361. The Kier molecular flexibility index (Phi) is 6.43. The fourth-order valence-corrected chi connectivity index (χ4v) is 2.82. The Morgan fingerprint density at radius 3 is 2.59 bits per heavy atom. The molecule has 22 heavy (non-hydrogen) atoms. The quantitative estimate of drug-likeness (QED) is 0.882. The van der Waals surface area contributed by atoms with E-state index in [1.54, 1.807) is 12.1 Å². The number of rotatable bonds is 3. The first-order valence-corrected chi connectivity index (χ1v) is 8.25. The second-order valence-electron chi connectivity index (χ2n) is 4.89. The molecule has 0 aliphatic carbocycles. The number of benzene rings is 1. The monoisotopic (exact) mass is 319 g/mol. The molecule has 1 aliphatic heterocycles. The second-order valence-corrected chi connectivity index (χ2v) is 5.93. The van der Waals surface area contributed by atoms with Crippen LogP contribution in [0, 0.1) is 0 Å². The van der Waals surface area contributed by atoms with Crippen LogP contribution in [0.5, 0.6) is 5.75 Å². The standard InChI is InChI=1S/C11H13NO3.C6H8S/c13-8-9-1-2-10(7-11(9)14)12-3-5-15-6-4-12;1-2-6-4-3-5-7-6/h1-2,7-8,14H,3-6H2;3-5H,2H2,1H3. The predicted octanol–water partition coefficient (Wildman–Crippen LogP) is 3.35. The van der Waals surface area contributed by atoms with E-state index in [1.807, 2.05) is 17.4 Å². The van der Waals surface area contributed by atoms with Crippen LogP contribution in [0.15, 0.2) is 35.7 Å². The molecule has 0 amide bonds. The van der Waals surface area contributed by atoms with Crippen LogP contribution < -0.4 is 4.90 Å². The molecule has 1 saturated heterocycles. The fraction of sp³-hybridized carbons (Fsp3) is 0.353. The zero-order valence-electron chi connectivity index (χ0n) is 12.7. The van der Waals surface area contributed by atoms with E-state index in [0.717, 1.165) is 18.8 Å². The Balaban J connectivity index is 0.000000211. The molecule has 1 aliphatic rings. The van der Waals surface area contributed by atoms with E-state index >= 15 is 0 Å². The molecule has 3 rings (SSSR count). The molecule has 1 fully saturated rings. The highest BCUT2D eigenvalue weighted by Gasteiger charge is 2.12. The average Bonchev–Trinajstić information content (AvgIpc) is 3.10. The number of aldehydes is 1. The van der Waals surface area contributed by atoms with Gasteiger partial charge in [0.2, 0.25) is 0 Å². The molecular formula is C17H21NO3S. The third-order valence-electron chi connectivity index (χ3n) is 3.45. The average molecular weight is 319 g/mol. The molecule has 4 nitrogen and oxygen atoms in total. The maximum Gasteiger partial charge on any atom is 0.153 e. The van der Waals surface area contributed by atoms with Crippen molar-refractivity contribution in [2.45, 2.75) is 13.3 Å². The van der Waals surface area contributed by atoms with Crippen molar-refractivity contribution < 1.29 is 14.6 Å². The maximum atomic E-state index is 10.5. The summed E-state index contributed by atoms with van der Waals surface area (Å²) in [7, 11) is 0. The molecule has 0 atom stereocenters. The highest BCUT2D eigenvalue weighted by molar-refractivity contribution is 7.09. The number of hydrogen-bond donors (Lipinski definition) is 1. The van der Waals surface area contributed by atoms with Crippen molar-refractivity contribution in [3.63, 3.8) is 0 Å². The first-order chi connectivity index (χ1) is 10.7. The lowest BCUT2D eigenvalue weighted by molar-refractivity contribution is 0.112. The molecule has 2 aromatic rings. The molecular weight excluding hydrogens is 298 g/mol. The van der Waals surface area contributed by atoms with Gasteiger partial charge in [0.05, 0.1) is 18.8 Å². The number of anilines is 1. The molecule has 1 aromatic carbocycles. The Labute approximate surface area is 135 Å². The number of morpholine rings is 1. The number of phenols is 1. The molecule has 1 N–H and O–H groups in total. The molecule has 2 heterocycles. The third kappa shape index (κ3) is 4.58. The topological polar surface area (TPSA) is 49.8 Å². The lowest BCUT2D eigenvalue weighted by Crippen LogP contribution is -2.36. The number of nitrogens with zero attached hydrogens (tertiary/aromatic N) is 1. The summed E-state index contributed by atoms with van der Waals surface area (Å²) in [6.07, 6.45) is 1.83. The molecule has 0 unspecified atom stereocenters. The van der Waals surface area contributed by atoms with Crippen LogP contribution in [-0.4, -0.2) is 37.7 Å². The summed E-state index contributed by atoms with van der Waals surface area (Å²) in [5, 5.41) is 11.6. The first kappa shape index (κ1) is 16.5. The lowest BCUT2D eigenvalue weighted by atomic mass is 10.2. The largest absolute Gasteiger partial charge is 0.507 e. The van der Waals surface area contributed by atoms with E-state index < -0.39 is 0 Å². The van der Waals surface area contributed by atoms with Crippen LogP contribution in [-0.2, 0) is 11.2 Å². The van der Waals surface area contributed by atoms with Crippen molar-refractivity contribution >= 4 is 23.3 Å². The summed E-state index contributed by atoms with van der Waals surface area (Å²) < 4.78 is 5.24. The summed E-state index contributed by atoms with van der Waals surface area (Å²) in [5.74, 6) is 0.0361. The van der Waals surface area contributed by atoms with Gasteiger partial charge >= 0.3 is 0 Å². The van der Waals surface area contributed by atoms with E-state index in [-0.39, 0.29) is 5.75 Å². The number of aryl methyl sites for hydroxylation is 1. The van der Waals surface area contributed by atoms with Gasteiger partial charge in [-0.15, -0.1) is 11.3 Å². The van der Waals surface area contributed by atoms with Crippen LogP contribution >= 0.6 is 11.3 Å². The predicted molar refractivity (Wildman–Crippen MR) is 90.2 cm³/mol. The number of ether oxygens (including phenoxy) is 1. The number of phenolic OH excluding ortho intramolecular Hbond substituents is 1. The van der Waals surface area contributed by atoms with Crippen molar-refractivity contribution in [1.82, 2.24) is 0 Å². The van der Waals surface area contributed by atoms with Gasteiger partial charge in [-0.25, -0.2) is 0 Å². The van der Waals surface area contributed by atoms with Gasteiger partial charge < -0.3 is 14.7 Å². The highest BCUT2D eigenvalue weighted by atomic mass is 32.1. The summed E-state index contributed by atoms with van der Waals surface area (Å²) in [4.78, 5) is 14.1. The SMILES string of the molecule is CCc1cccs1.O=Cc1ccc(N2CCOCC2)cc1O. The smallest absolute Gasteiger partial charge is 0.153 e. The van der Waals surface area contributed by atoms with E-state index in [1.165, 1.54) is 11.3 Å². The lowest BCUT2D eigenvalue weighted by Gasteiger charge is -2.28. The van der Waals surface area contributed by atoms with Gasteiger partial charge in [0.25, 0.3) is 0 Å². The van der Waals surface area contributed by atoms with E-state index in [2.05, 4.69) is 29.3 Å². The van der Waals surface area contributed by atoms with E-state index in [9.17, 15) is 9.90 Å². The van der Waals surface area contributed by atoms with Crippen molar-refractivity contribution in [2.24, 2.45) is 0 Å². The van der Waals surface area contributed by atoms with Gasteiger partial charge in [-0.05, 0) is 30.0 Å². The van der Waals surface area contributed by atoms with Crippen LogP contribution in [0.4, 0.5) is 5.69 Å². The van der Waals surface area contributed by atoms with Crippen LogP contribution in [0.25, 0.3) is 0 Å². The van der Waals surface area contributed by atoms with Gasteiger partial charge in [-0.3, -0.25) is 4.79 Å². The number of aromatic hydroxyl groups is 1. The summed E-state index contributed by atoms with van der Waals surface area (Å²) >= 11 is 1.82. The first-order valence-electron chi connectivity index (χ1n) is 7.38. The molecule has 1 aromatic heterocycles. The van der Waals surface area contributed by atoms with Crippen molar-refractivity contribution in [2.75, 3.05) is 31.2 Å².